The van der Waals surface area contributed by atoms with Crippen LogP contribution in [-0.4, -0.2) is 10.5 Å². The van der Waals surface area contributed by atoms with Crippen LogP contribution in [0.3, 0.4) is 0 Å². The molecule has 0 radical (unpaired) electrons. The van der Waals surface area contributed by atoms with Gasteiger partial charge in [0.25, 0.3) is 5.91 Å². The fraction of sp³-hybridized carbons (Fsp3) is 0.130. The summed E-state index contributed by atoms with van der Waals surface area (Å²) in [6.45, 7) is 2.63. The standard InChI is InChI=1S/C23H19FN2O3/c1-15-2-4-17(5-3-15)14-26-20-12-18(8-11-21(20)29-23(26)28)22(27)25-13-16-6-9-19(24)10-7-16/h2-12H,13-14H2,1H3,(H,25,27). The molecule has 1 heterocycles. The summed E-state index contributed by atoms with van der Waals surface area (Å²) >= 11 is 0. The molecule has 0 aliphatic rings. The fourth-order valence-electron chi connectivity index (χ4n) is 3.12. The minimum atomic E-state index is -0.468. The van der Waals surface area contributed by atoms with Crippen molar-refractivity contribution in [1.82, 2.24) is 9.88 Å². The maximum Gasteiger partial charge on any atom is 0.420 e. The number of nitrogens with zero attached hydrogens (tertiary/aromatic N) is 1. The van der Waals surface area contributed by atoms with Crippen LogP contribution in [0.25, 0.3) is 11.1 Å². The highest BCUT2D eigenvalue weighted by atomic mass is 19.1. The Morgan fingerprint density at radius 1 is 1.00 bits per heavy atom. The minimum absolute atomic E-state index is 0.276. The Labute approximate surface area is 166 Å². The van der Waals surface area contributed by atoms with E-state index in [2.05, 4.69) is 5.32 Å². The van der Waals surface area contributed by atoms with Crippen molar-refractivity contribution in [1.29, 1.82) is 0 Å². The molecule has 5 nitrogen and oxygen atoms in total. The monoisotopic (exact) mass is 390 g/mol. The van der Waals surface area contributed by atoms with E-state index in [0.29, 0.717) is 23.2 Å². The van der Waals surface area contributed by atoms with Gasteiger partial charge in [-0.1, -0.05) is 42.0 Å². The number of halogens is 1. The first-order valence-electron chi connectivity index (χ1n) is 9.21. The number of oxazole rings is 1. The highest BCUT2D eigenvalue weighted by molar-refractivity contribution is 5.97. The number of hydrogen-bond acceptors (Lipinski definition) is 3. The summed E-state index contributed by atoms with van der Waals surface area (Å²) in [4.78, 5) is 24.8. The molecule has 0 saturated carbocycles. The second kappa shape index (κ2) is 7.75. The third kappa shape index (κ3) is 4.11. The van der Waals surface area contributed by atoms with Crippen molar-refractivity contribution >= 4 is 17.0 Å². The second-order valence-electron chi connectivity index (χ2n) is 6.93. The van der Waals surface area contributed by atoms with Gasteiger partial charge in [0.2, 0.25) is 0 Å². The molecule has 29 heavy (non-hydrogen) atoms. The molecule has 0 atom stereocenters. The number of benzene rings is 3. The van der Waals surface area contributed by atoms with Gasteiger partial charge in [0.05, 0.1) is 12.1 Å². The Hall–Kier alpha value is -3.67. The number of nitrogens with one attached hydrogen (secondary N) is 1. The van der Waals surface area contributed by atoms with Crippen LogP contribution in [0.15, 0.2) is 75.9 Å². The maximum atomic E-state index is 13.0. The third-order valence-electron chi connectivity index (χ3n) is 4.76. The molecular weight excluding hydrogens is 371 g/mol. The Bertz CT molecular complexity index is 1220. The van der Waals surface area contributed by atoms with E-state index >= 15 is 0 Å². The largest absolute Gasteiger partial charge is 0.420 e. The summed E-state index contributed by atoms with van der Waals surface area (Å²) in [6.07, 6.45) is 0. The van der Waals surface area contributed by atoms with Gasteiger partial charge in [0, 0.05) is 12.1 Å². The van der Waals surface area contributed by atoms with Crippen molar-refractivity contribution in [2.45, 2.75) is 20.0 Å². The molecular formula is C23H19FN2O3. The number of carbonyl (C=O) groups excluding carboxylic acids is 1. The molecule has 6 heteroatoms. The minimum Gasteiger partial charge on any atom is -0.408 e. The summed E-state index contributed by atoms with van der Waals surface area (Å²) in [5.74, 6) is -1.08. The quantitative estimate of drug-likeness (QED) is 0.560. The first-order chi connectivity index (χ1) is 14.0. The smallest absolute Gasteiger partial charge is 0.408 e. The van der Waals surface area contributed by atoms with E-state index < -0.39 is 5.76 Å². The second-order valence-corrected chi connectivity index (χ2v) is 6.93. The molecule has 3 aromatic carbocycles. The summed E-state index contributed by atoms with van der Waals surface area (Å²) in [7, 11) is 0. The Morgan fingerprint density at radius 2 is 1.69 bits per heavy atom. The molecule has 4 aromatic rings. The molecule has 1 amide bonds. The van der Waals surface area contributed by atoms with Crippen LogP contribution in [0.1, 0.15) is 27.0 Å². The van der Waals surface area contributed by atoms with Gasteiger partial charge < -0.3 is 9.73 Å². The van der Waals surface area contributed by atoms with Crippen LogP contribution in [-0.2, 0) is 13.1 Å². The van der Waals surface area contributed by atoms with E-state index in [9.17, 15) is 14.0 Å². The summed E-state index contributed by atoms with van der Waals surface area (Å²) in [5.41, 5.74) is 4.30. The van der Waals surface area contributed by atoms with Gasteiger partial charge in [-0.25, -0.2) is 9.18 Å². The van der Waals surface area contributed by atoms with Gasteiger partial charge in [-0.3, -0.25) is 9.36 Å². The van der Waals surface area contributed by atoms with Gasteiger partial charge in [-0.2, -0.15) is 0 Å². The lowest BCUT2D eigenvalue weighted by molar-refractivity contribution is 0.0951. The molecule has 0 fully saturated rings. The lowest BCUT2D eigenvalue weighted by Crippen LogP contribution is -2.23. The normalized spacial score (nSPS) is 11.0. The fourth-order valence-corrected chi connectivity index (χ4v) is 3.12. The zero-order chi connectivity index (χ0) is 20.4. The van der Waals surface area contributed by atoms with E-state index in [0.717, 1.165) is 16.7 Å². The van der Waals surface area contributed by atoms with E-state index in [1.54, 1.807) is 30.3 Å². The predicted molar refractivity (Wildman–Crippen MR) is 108 cm³/mol. The van der Waals surface area contributed by atoms with Crippen LogP contribution in [0.2, 0.25) is 0 Å². The molecule has 0 unspecified atom stereocenters. The average Bonchev–Trinajstić information content (AvgIpc) is 3.03. The summed E-state index contributed by atoms with van der Waals surface area (Å²) in [5, 5.41) is 2.80. The number of aryl methyl sites for hydroxylation is 1. The highest BCUT2D eigenvalue weighted by Crippen LogP contribution is 2.17. The Kier molecular flexibility index (Phi) is 4.99. The zero-order valence-corrected chi connectivity index (χ0v) is 15.8. The molecule has 0 aliphatic heterocycles. The van der Waals surface area contributed by atoms with Crippen molar-refractivity contribution in [3.8, 4) is 0 Å². The van der Waals surface area contributed by atoms with Gasteiger partial charge in [0.1, 0.15) is 5.82 Å². The molecule has 146 valence electrons. The van der Waals surface area contributed by atoms with Gasteiger partial charge >= 0.3 is 5.76 Å². The molecule has 1 N–H and O–H groups in total. The van der Waals surface area contributed by atoms with Crippen LogP contribution >= 0.6 is 0 Å². The highest BCUT2D eigenvalue weighted by Gasteiger charge is 2.13. The lowest BCUT2D eigenvalue weighted by Gasteiger charge is -2.07. The number of hydrogen-bond donors (Lipinski definition) is 1. The average molecular weight is 390 g/mol. The van der Waals surface area contributed by atoms with Crippen LogP contribution in [0.4, 0.5) is 4.39 Å². The maximum absolute atomic E-state index is 13.0. The molecule has 0 aliphatic carbocycles. The van der Waals surface area contributed by atoms with Crippen molar-refractivity contribution in [3.05, 3.63) is 105 Å². The SMILES string of the molecule is Cc1ccc(Cn2c(=O)oc3ccc(C(=O)NCc4ccc(F)cc4)cc32)cc1. The van der Waals surface area contributed by atoms with E-state index in [4.69, 9.17) is 4.42 Å². The Balaban J connectivity index is 1.57. The van der Waals surface area contributed by atoms with Crippen molar-refractivity contribution in [2.75, 3.05) is 0 Å². The predicted octanol–water partition coefficient (Wildman–Crippen LogP) is 4.02. The molecule has 0 saturated heterocycles. The van der Waals surface area contributed by atoms with Gasteiger partial charge in [-0.15, -0.1) is 0 Å². The van der Waals surface area contributed by atoms with Crippen LogP contribution in [0, 0.1) is 12.7 Å². The first kappa shape index (κ1) is 18.7. The molecule has 1 aromatic heterocycles. The van der Waals surface area contributed by atoms with Crippen molar-refractivity contribution in [3.63, 3.8) is 0 Å². The number of carbonyl (C=O) groups is 1. The Morgan fingerprint density at radius 3 is 2.41 bits per heavy atom. The number of aromatic nitrogens is 1. The third-order valence-corrected chi connectivity index (χ3v) is 4.76. The first-order valence-corrected chi connectivity index (χ1v) is 9.21. The van der Waals surface area contributed by atoms with E-state index in [-0.39, 0.29) is 18.3 Å². The summed E-state index contributed by atoms with van der Waals surface area (Å²) < 4.78 is 19.8. The van der Waals surface area contributed by atoms with Crippen LogP contribution in [0.5, 0.6) is 0 Å². The van der Waals surface area contributed by atoms with E-state index in [1.165, 1.54) is 16.7 Å². The van der Waals surface area contributed by atoms with Gasteiger partial charge in [0.15, 0.2) is 5.58 Å². The van der Waals surface area contributed by atoms with Crippen LogP contribution < -0.4 is 11.1 Å². The zero-order valence-electron chi connectivity index (χ0n) is 15.8. The summed E-state index contributed by atoms with van der Waals surface area (Å²) in [6, 6.07) is 18.7. The van der Waals surface area contributed by atoms with Crippen molar-refractivity contribution < 1.29 is 13.6 Å². The molecule has 4 rings (SSSR count). The topological polar surface area (TPSA) is 64.2 Å². The number of fused-ring (bicyclic) bond motifs is 1. The number of rotatable bonds is 5. The van der Waals surface area contributed by atoms with E-state index in [1.807, 2.05) is 31.2 Å². The van der Waals surface area contributed by atoms with Gasteiger partial charge in [-0.05, 0) is 48.4 Å². The number of amides is 1. The van der Waals surface area contributed by atoms with Crippen molar-refractivity contribution in [2.24, 2.45) is 0 Å². The lowest BCUT2D eigenvalue weighted by atomic mass is 10.1. The molecule has 0 spiro atoms. The molecule has 0 bridgehead atoms.